The van der Waals surface area contributed by atoms with Gasteiger partial charge in [0.2, 0.25) is 5.91 Å². The third-order valence-corrected chi connectivity index (χ3v) is 6.55. The first kappa shape index (κ1) is 19.9. The van der Waals surface area contributed by atoms with Gasteiger partial charge in [0.05, 0.1) is 13.0 Å². The summed E-state index contributed by atoms with van der Waals surface area (Å²) in [7, 11) is -3.57. The van der Waals surface area contributed by atoms with Crippen molar-refractivity contribution in [3.8, 4) is 5.75 Å². The largest absolute Gasteiger partial charge is 0.492 e. The van der Waals surface area contributed by atoms with E-state index in [-0.39, 0.29) is 16.5 Å². The molecule has 146 valence electrons. The van der Waals surface area contributed by atoms with Gasteiger partial charge in [-0.1, -0.05) is 36.4 Å². The van der Waals surface area contributed by atoms with E-state index in [1.807, 2.05) is 30.3 Å². The summed E-state index contributed by atoms with van der Waals surface area (Å²) in [4.78, 5) is 12.0. The highest BCUT2D eigenvalue weighted by atomic mass is 32.2. The molecule has 0 bridgehead atoms. The number of hydrogen-bond donors (Lipinski definition) is 2. The molecule has 2 aromatic carbocycles. The van der Waals surface area contributed by atoms with Crippen LogP contribution in [0.25, 0.3) is 0 Å². The third-order valence-electron chi connectivity index (χ3n) is 3.77. The van der Waals surface area contributed by atoms with Crippen molar-refractivity contribution in [2.45, 2.75) is 10.6 Å². The minimum absolute atomic E-state index is 0.122. The molecule has 28 heavy (non-hydrogen) atoms. The molecule has 0 radical (unpaired) electrons. The highest BCUT2D eigenvalue weighted by Gasteiger charge is 2.15. The van der Waals surface area contributed by atoms with Gasteiger partial charge in [-0.3, -0.25) is 9.52 Å². The smallest absolute Gasteiger partial charge is 0.271 e. The van der Waals surface area contributed by atoms with Gasteiger partial charge in [0.25, 0.3) is 10.0 Å². The number of amides is 1. The van der Waals surface area contributed by atoms with Crippen LogP contribution in [-0.4, -0.2) is 27.5 Å². The lowest BCUT2D eigenvalue weighted by molar-refractivity contribution is -0.120. The van der Waals surface area contributed by atoms with Crippen LogP contribution in [0.3, 0.4) is 0 Å². The molecule has 0 aliphatic carbocycles. The fourth-order valence-electron chi connectivity index (χ4n) is 2.44. The van der Waals surface area contributed by atoms with Gasteiger partial charge in [0, 0.05) is 5.69 Å². The monoisotopic (exact) mass is 416 g/mol. The first-order chi connectivity index (χ1) is 13.5. The predicted molar refractivity (Wildman–Crippen MR) is 110 cm³/mol. The molecule has 8 heteroatoms. The van der Waals surface area contributed by atoms with Crippen molar-refractivity contribution < 1.29 is 17.9 Å². The molecule has 1 heterocycles. The number of rotatable bonds is 9. The maximum Gasteiger partial charge on any atom is 0.271 e. The summed E-state index contributed by atoms with van der Waals surface area (Å²) in [6, 6.07) is 19.4. The highest BCUT2D eigenvalue weighted by Crippen LogP contribution is 2.20. The van der Waals surface area contributed by atoms with E-state index in [9.17, 15) is 13.2 Å². The van der Waals surface area contributed by atoms with E-state index in [1.165, 1.54) is 0 Å². The molecule has 0 atom stereocenters. The fourth-order valence-corrected chi connectivity index (χ4v) is 4.49. The van der Waals surface area contributed by atoms with E-state index >= 15 is 0 Å². The van der Waals surface area contributed by atoms with Gasteiger partial charge in [0.1, 0.15) is 16.6 Å². The van der Waals surface area contributed by atoms with Gasteiger partial charge in [-0.15, -0.1) is 11.3 Å². The number of carbonyl (C=O) groups is 1. The third kappa shape index (κ3) is 5.83. The Morgan fingerprint density at radius 3 is 2.39 bits per heavy atom. The van der Waals surface area contributed by atoms with Gasteiger partial charge >= 0.3 is 0 Å². The Morgan fingerprint density at radius 2 is 1.71 bits per heavy atom. The lowest BCUT2D eigenvalue weighted by Crippen LogP contribution is -2.29. The summed E-state index contributed by atoms with van der Waals surface area (Å²) in [5.74, 6) is 0.640. The normalized spacial score (nSPS) is 11.0. The van der Waals surface area contributed by atoms with Crippen molar-refractivity contribution in [3.63, 3.8) is 0 Å². The zero-order valence-corrected chi connectivity index (χ0v) is 16.6. The average molecular weight is 417 g/mol. The molecule has 0 unspecified atom stereocenters. The second-order valence-electron chi connectivity index (χ2n) is 5.92. The predicted octanol–water partition coefficient (Wildman–Crippen LogP) is 3.29. The summed E-state index contributed by atoms with van der Waals surface area (Å²) in [5.41, 5.74) is 1.24. The topological polar surface area (TPSA) is 84.5 Å². The van der Waals surface area contributed by atoms with Gasteiger partial charge in [-0.25, -0.2) is 8.42 Å². The molecular formula is C20H20N2O4S2. The fraction of sp³-hybridized carbons (Fsp3) is 0.150. The zero-order valence-electron chi connectivity index (χ0n) is 15.0. The minimum Gasteiger partial charge on any atom is -0.492 e. The second kappa shape index (κ2) is 9.38. The lowest BCUT2D eigenvalue weighted by Gasteiger charge is -2.09. The molecule has 3 aromatic rings. The van der Waals surface area contributed by atoms with E-state index < -0.39 is 10.0 Å². The van der Waals surface area contributed by atoms with Crippen molar-refractivity contribution in [1.82, 2.24) is 5.32 Å². The molecule has 6 nitrogen and oxygen atoms in total. The number of para-hydroxylation sites is 1. The number of sulfonamides is 1. The Bertz CT molecular complexity index is 986. The second-order valence-corrected chi connectivity index (χ2v) is 8.78. The highest BCUT2D eigenvalue weighted by molar-refractivity contribution is 7.94. The maximum atomic E-state index is 12.2. The van der Waals surface area contributed by atoms with Crippen LogP contribution in [0.4, 0.5) is 5.69 Å². The van der Waals surface area contributed by atoms with Gasteiger partial charge in [-0.2, -0.15) is 0 Å². The Balaban J connectivity index is 1.44. The van der Waals surface area contributed by atoms with Crippen LogP contribution >= 0.6 is 11.3 Å². The van der Waals surface area contributed by atoms with Crippen molar-refractivity contribution in [2.24, 2.45) is 0 Å². The van der Waals surface area contributed by atoms with E-state index in [1.54, 1.807) is 41.8 Å². The molecule has 3 rings (SSSR count). The van der Waals surface area contributed by atoms with Crippen LogP contribution in [0.15, 0.2) is 76.3 Å². The van der Waals surface area contributed by atoms with Crippen molar-refractivity contribution in [3.05, 3.63) is 77.7 Å². The summed E-state index contributed by atoms with van der Waals surface area (Å²) < 4.78 is 32.7. The van der Waals surface area contributed by atoms with Crippen LogP contribution < -0.4 is 14.8 Å². The van der Waals surface area contributed by atoms with Gasteiger partial charge < -0.3 is 10.1 Å². The number of nitrogens with one attached hydrogen (secondary N) is 2. The van der Waals surface area contributed by atoms with Crippen molar-refractivity contribution in [2.75, 3.05) is 17.9 Å². The standard InChI is InChI=1S/C20H20N2O4S2/c23-19(21-12-13-26-18-5-2-1-3-6-18)15-16-8-10-17(11-9-16)22-28(24,25)20-7-4-14-27-20/h1-11,14,22H,12-13,15H2,(H,21,23). The van der Waals surface area contributed by atoms with Crippen LogP contribution in [0.2, 0.25) is 0 Å². The minimum atomic E-state index is -3.57. The number of thiophene rings is 1. The Labute approximate surface area is 168 Å². The first-order valence-corrected chi connectivity index (χ1v) is 11.0. The summed E-state index contributed by atoms with van der Waals surface area (Å²) in [6.07, 6.45) is 0.212. The van der Waals surface area contributed by atoms with Gasteiger partial charge in [-0.05, 0) is 41.3 Å². The van der Waals surface area contributed by atoms with Crippen LogP contribution in [0.1, 0.15) is 5.56 Å². The number of carbonyl (C=O) groups excluding carboxylic acids is 1. The molecule has 1 amide bonds. The van der Waals surface area contributed by atoms with E-state index in [0.29, 0.717) is 18.8 Å². The van der Waals surface area contributed by atoms with Gasteiger partial charge in [0.15, 0.2) is 0 Å². The van der Waals surface area contributed by atoms with Crippen LogP contribution in [-0.2, 0) is 21.2 Å². The molecule has 0 fully saturated rings. The van der Waals surface area contributed by atoms with E-state index in [0.717, 1.165) is 22.6 Å². The van der Waals surface area contributed by atoms with Crippen molar-refractivity contribution >= 4 is 33.0 Å². The SMILES string of the molecule is O=C(Cc1ccc(NS(=O)(=O)c2cccs2)cc1)NCCOc1ccccc1. The molecule has 0 saturated carbocycles. The molecule has 0 saturated heterocycles. The van der Waals surface area contributed by atoms with E-state index in [2.05, 4.69) is 10.0 Å². The summed E-state index contributed by atoms with van der Waals surface area (Å²) in [6.45, 7) is 0.797. The number of anilines is 1. The lowest BCUT2D eigenvalue weighted by atomic mass is 10.1. The molecule has 2 N–H and O–H groups in total. The van der Waals surface area contributed by atoms with Crippen LogP contribution in [0, 0.1) is 0 Å². The molecule has 0 aliphatic heterocycles. The Kier molecular flexibility index (Phi) is 6.67. The van der Waals surface area contributed by atoms with E-state index in [4.69, 9.17) is 4.74 Å². The maximum absolute atomic E-state index is 12.2. The van der Waals surface area contributed by atoms with Crippen LogP contribution in [0.5, 0.6) is 5.75 Å². The molecule has 1 aromatic heterocycles. The Morgan fingerprint density at radius 1 is 0.964 bits per heavy atom. The first-order valence-electron chi connectivity index (χ1n) is 8.63. The zero-order chi connectivity index (χ0) is 19.8. The average Bonchev–Trinajstić information content (AvgIpc) is 3.23. The molecule has 0 aliphatic rings. The number of ether oxygens (including phenoxy) is 1. The summed E-state index contributed by atoms with van der Waals surface area (Å²) in [5, 5.41) is 4.51. The molecular weight excluding hydrogens is 396 g/mol. The quantitative estimate of drug-likeness (QED) is 0.524. The van der Waals surface area contributed by atoms with Crippen molar-refractivity contribution in [1.29, 1.82) is 0 Å². The number of benzene rings is 2. The summed E-state index contributed by atoms with van der Waals surface area (Å²) >= 11 is 1.15. The Hall–Kier alpha value is -2.84. The number of hydrogen-bond acceptors (Lipinski definition) is 5. The molecule has 0 spiro atoms.